The molecule has 0 aliphatic carbocycles. The van der Waals surface area contributed by atoms with Crippen LogP contribution in [-0.2, 0) is 13.5 Å². The van der Waals surface area contributed by atoms with Gasteiger partial charge in [0, 0.05) is 36.1 Å². The third kappa shape index (κ3) is 3.13. The molecule has 0 bridgehead atoms. The lowest BCUT2D eigenvalue weighted by molar-refractivity contribution is 0.0932. The van der Waals surface area contributed by atoms with E-state index in [1.807, 2.05) is 55.8 Å². The van der Waals surface area contributed by atoms with E-state index in [4.69, 9.17) is 4.74 Å². The highest BCUT2D eigenvalue weighted by atomic mass is 16.5. The molecule has 0 saturated heterocycles. The Bertz CT molecular complexity index is 878. The van der Waals surface area contributed by atoms with Gasteiger partial charge in [-0.05, 0) is 44.2 Å². The number of hydrogen-bond acceptors (Lipinski definition) is 3. The summed E-state index contributed by atoms with van der Waals surface area (Å²) >= 11 is 0. The number of methoxy groups -OCH3 is 1. The molecule has 1 atom stereocenters. The second kappa shape index (κ2) is 6.39. The van der Waals surface area contributed by atoms with E-state index in [-0.39, 0.29) is 11.9 Å². The second-order valence-corrected chi connectivity index (χ2v) is 6.13. The third-order valence-corrected chi connectivity index (χ3v) is 4.13. The maximum absolute atomic E-state index is 12.6. The lowest BCUT2D eigenvalue weighted by atomic mass is 10.1. The highest BCUT2D eigenvalue weighted by molar-refractivity contribution is 5.99. The zero-order valence-electron chi connectivity index (χ0n) is 14.4. The molecule has 6 heteroatoms. The molecule has 1 amide bonds. The molecule has 126 valence electrons. The van der Waals surface area contributed by atoms with E-state index < -0.39 is 0 Å². The number of carbonyl (C=O) groups is 1. The molecule has 1 aromatic carbocycles. The van der Waals surface area contributed by atoms with E-state index in [0.717, 1.165) is 28.0 Å². The van der Waals surface area contributed by atoms with Gasteiger partial charge >= 0.3 is 0 Å². The quantitative estimate of drug-likeness (QED) is 0.757. The maximum atomic E-state index is 12.6. The zero-order chi connectivity index (χ0) is 17.3. The van der Waals surface area contributed by atoms with Gasteiger partial charge in [-0.2, -0.15) is 5.10 Å². The lowest BCUT2D eigenvalue weighted by Gasteiger charge is -2.13. The van der Waals surface area contributed by atoms with Gasteiger partial charge in [0.05, 0.1) is 12.8 Å². The van der Waals surface area contributed by atoms with Gasteiger partial charge in [-0.1, -0.05) is 0 Å². The SMILES string of the molecule is COc1ccc2c(c1)cc(C(=O)N[C@@H](C)Cc1cc(C)[nH]n1)n2C. The number of nitrogens with zero attached hydrogens (tertiary/aromatic N) is 2. The van der Waals surface area contributed by atoms with Crippen molar-refractivity contribution in [1.29, 1.82) is 0 Å². The van der Waals surface area contributed by atoms with E-state index in [0.29, 0.717) is 12.1 Å². The summed E-state index contributed by atoms with van der Waals surface area (Å²) in [5.74, 6) is 0.690. The number of ether oxygens (including phenoxy) is 1. The Labute approximate surface area is 140 Å². The van der Waals surface area contributed by atoms with Gasteiger partial charge in [-0.3, -0.25) is 9.89 Å². The molecule has 0 spiro atoms. The standard InChI is InChI=1S/C18H22N4O2/c1-11(7-14-8-12(2)20-21-14)19-18(23)17-10-13-9-15(24-4)5-6-16(13)22(17)3/h5-6,8-11H,7H2,1-4H3,(H,19,23)(H,20,21)/t11-/m0/s1. The molecule has 2 aromatic heterocycles. The van der Waals surface area contributed by atoms with Crippen molar-refractivity contribution in [1.82, 2.24) is 20.1 Å². The Morgan fingerprint density at radius 3 is 2.83 bits per heavy atom. The summed E-state index contributed by atoms with van der Waals surface area (Å²) in [5, 5.41) is 11.2. The molecule has 2 N–H and O–H groups in total. The van der Waals surface area contributed by atoms with Crippen LogP contribution in [0.5, 0.6) is 5.75 Å². The van der Waals surface area contributed by atoms with E-state index in [1.54, 1.807) is 7.11 Å². The fourth-order valence-corrected chi connectivity index (χ4v) is 2.91. The Hall–Kier alpha value is -2.76. The van der Waals surface area contributed by atoms with Crippen molar-refractivity contribution in [3.63, 3.8) is 0 Å². The van der Waals surface area contributed by atoms with Crippen molar-refractivity contribution >= 4 is 16.8 Å². The van der Waals surface area contributed by atoms with Crippen LogP contribution in [0.1, 0.15) is 28.8 Å². The number of amides is 1. The van der Waals surface area contributed by atoms with Crippen LogP contribution in [0.25, 0.3) is 10.9 Å². The normalized spacial score (nSPS) is 12.3. The van der Waals surface area contributed by atoms with E-state index in [1.165, 1.54) is 0 Å². The van der Waals surface area contributed by atoms with E-state index >= 15 is 0 Å². The first kappa shape index (κ1) is 16.1. The Morgan fingerprint density at radius 1 is 1.38 bits per heavy atom. The van der Waals surface area contributed by atoms with E-state index in [2.05, 4.69) is 15.5 Å². The van der Waals surface area contributed by atoms with Crippen LogP contribution in [0.2, 0.25) is 0 Å². The molecule has 0 aliphatic heterocycles. The summed E-state index contributed by atoms with van der Waals surface area (Å²) in [5.41, 5.74) is 3.59. The van der Waals surface area contributed by atoms with Crippen LogP contribution < -0.4 is 10.1 Å². The largest absolute Gasteiger partial charge is 0.497 e. The molecule has 0 unspecified atom stereocenters. The number of carbonyl (C=O) groups excluding carboxylic acids is 1. The average Bonchev–Trinajstić information content (AvgIpc) is 3.10. The minimum atomic E-state index is -0.0903. The number of aromatic amines is 1. The molecule has 24 heavy (non-hydrogen) atoms. The van der Waals surface area contributed by atoms with E-state index in [9.17, 15) is 4.79 Å². The number of rotatable bonds is 5. The molecular formula is C18H22N4O2. The maximum Gasteiger partial charge on any atom is 0.268 e. The number of fused-ring (bicyclic) bond motifs is 1. The van der Waals surface area contributed by atoms with Crippen LogP contribution in [-0.4, -0.2) is 33.8 Å². The minimum absolute atomic E-state index is 0.00671. The topological polar surface area (TPSA) is 71.9 Å². The summed E-state index contributed by atoms with van der Waals surface area (Å²) in [4.78, 5) is 12.6. The molecular weight excluding hydrogens is 304 g/mol. The number of hydrogen-bond donors (Lipinski definition) is 2. The lowest BCUT2D eigenvalue weighted by Crippen LogP contribution is -2.35. The monoisotopic (exact) mass is 326 g/mol. The van der Waals surface area contributed by atoms with Gasteiger partial charge in [0.2, 0.25) is 0 Å². The minimum Gasteiger partial charge on any atom is -0.497 e. The van der Waals surface area contributed by atoms with Crippen LogP contribution in [0.4, 0.5) is 0 Å². The smallest absolute Gasteiger partial charge is 0.268 e. The molecule has 3 rings (SSSR count). The number of nitrogens with one attached hydrogen (secondary N) is 2. The Morgan fingerprint density at radius 2 is 2.17 bits per heavy atom. The molecule has 0 fully saturated rings. The first-order valence-electron chi connectivity index (χ1n) is 7.93. The van der Waals surface area contributed by atoms with Gasteiger partial charge in [0.15, 0.2) is 0 Å². The van der Waals surface area contributed by atoms with Crippen molar-refractivity contribution in [3.8, 4) is 5.75 Å². The van der Waals surface area contributed by atoms with Crippen molar-refractivity contribution < 1.29 is 9.53 Å². The number of aromatic nitrogens is 3. The van der Waals surface area contributed by atoms with Gasteiger partial charge in [0.25, 0.3) is 5.91 Å². The van der Waals surface area contributed by atoms with Gasteiger partial charge in [-0.15, -0.1) is 0 Å². The molecule has 3 aromatic rings. The van der Waals surface area contributed by atoms with Gasteiger partial charge in [0.1, 0.15) is 11.4 Å². The van der Waals surface area contributed by atoms with Crippen LogP contribution in [0, 0.1) is 6.92 Å². The molecule has 6 nitrogen and oxygen atoms in total. The predicted molar refractivity (Wildman–Crippen MR) is 93.4 cm³/mol. The number of H-pyrrole nitrogens is 1. The number of benzene rings is 1. The van der Waals surface area contributed by atoms with Crippen molar-refractivity contribution in [3.05, 3.63) is 47.4 Å². The Kier molecular flexibility index (Phi) is 4.29. The fourth-order valence-electron chi connectivity index (χ4n) is 2.91. The van der Waals surface area contributed by atoms with Gasteiger partial charge in [-0.25, -0.2) is 0 Å². The molecule has 0 saturated carbocycles. The summed E-state index contributed by atoms with van der Waals surface area (Å²) in [6, 6.07) is 9.66. The highest BCUT2D eigenvalue weighted by Gasteiger charge is 2.16. The van der Waals surface area contributed by atoms with Crippen molar-refractivity contribution in [2.45, 2.75) is 26.3 Å². The predicted octanol–water partition coefficient (Wildman–Crippen LogP) is 2.58. The summed E-state index contributed by atoms with van der Waals surface area (Å²) < 4.78 is 7.14. The first-order valence-corrected chi connectivity index (χ1v) is 7.93. The molecule has 2 heterocycles. The molecule has 0 radical (unpaired) electrons. The summed E-state index contributed by atoms with van der Waals surface area (Å²) in [7, 11) is 3.53. The first-order chi connectivity index (χ1) is 11.5. The van der Waals surface area contributed by atoms with Crippen LogP contribution in [0.15, 0.2) is 30.3 Å². The molecule has 0 aliphatic rings. The van der Waals surface area contributed by atoms with Gasteiger partial charge < -0.3 is 14.6 Å². The average molecular weight is 326 g/mol. The van der Waals surface area contributed by atoms with Crippen LogP contribution >= 0.6 is 0 Å². The zero-order valence-corrected chi connectivity index (χ0v) is 14.4. The Balaban J connectivity index is 1.76. The number of aryl methyl sites for hydroxylation is 2. The van der Waals surface area contributed by atoms with Crippen molar-refractivity contribution in [2.24, 2.45) is 7.05 Å². The van der Waals surface area contributed by atoms with Crippen molar-refractivity contribution in [2.75, 3.05) is 7.11 Å². The van der Waals surface area contributed by atoms with Crippen LogP contribution in [0.3, 0.4) is 0 Å². The highest BCUT2D eigenvalue weighted by Crippen LogP contribution is 2.23. The summed E-state index contributed by atoms with van der Waals surface area (Å²) in [6.45, 7) is 3.94. The fraction of sp³-hybridized carbons (Fsp3) is 0.333. The second-order valence-electron chi connectivity index (χ2n) is 6.13. The third-order valence-electron chi connectivity index (χ3n) is 4.13. The summed E-state index contributed by atoms with van der Waals surface area (Å²) in [6.07, 6.45) is 0.688.